The molecule has 0 spiro atoms. The third-order valence-electron chi connectivity index (χ3n) is 3.82. The predicted octanol–water partition coefficient (Wildman–Crippen LogP) is 2.07. The van der Waals surface area contributed by atoms with Crippen molar-refractivity contribution in [1.82, 2.24) is 9.80 Å². The van der Waals surface area contributed by atoms with Crippen LogP contribution in [0.5, 0.6) is 5.75 Å². The highest BCUT2D eigenvalue weighted by Gasteiger charge is 2.28. The molecule has 2 heterocycles. The number of aromatic hydroxyl groups is 1. The summed E-state index contributed by atoms with van der Waals surface area (Å²) in [6.45, 7) is 2.64. The highest BCUT2D eigenvalue weighted by atomic mass is 16.5. The van der Waals surface area contributed by atoms with Crippen molar-refractivity contribution >= 4 is 5.70 Å². The summed E-state index contributed by atoms with van der Waals surface area (Å²) < 4.78 is 5.45. The largest absolute Gasteiger partial charge is 0.508 e. The van der Waals surface area contributed by atoms with Crippen LogP contribution in [0.1, 0.15) is 18.4 Å². The SMILES string of the molecule is CN1C=C(c2ccc(O)cc2)N(C2CCOCC2)C1. The van der Waals surface area contributed by atoms with Gasteiger partial charge in [-0.2, -0.15) is 0 Å². The molecule has 2 aliphatic rings. The van der Waals surface area contributed by atoms with E-state index in [-0.39, 0.29) is 0 Å². The molecule has 0 unspecified atom stereocenters. The summed E-state index contributed by atoms with van der Waals surface area (Å²) in [5.74, 6) is 0.313. The lowest BCUT2D eigenvalue weighted by Gasteiger charge is -2.34. The molecule has 2 aliphatic heterocycles. The van der Waals surface area contributed by atoms with Gasteiger partial charge in [0.1, 0.15) is 5.75 Å². The van der Waals surface area contributed by atoms with Crippen LogP contribution in [0.3, 0.4) is 0 Å². The fraction of sp³-hybridized carbons (Fsp3) is 0.467. The molecule has 0 amide bonds. The molecule has 0 bridgehead atoms. The van der Waals surface area contributed by atoms with Crippen LogP contribution in [-0.2, 0) is 4.74 Å². The molecule has 1 saturated heterocycles. The number of phenols is 1. The first-order chi connectivity index (χ1) is 9.24. The Morgan fingerprint density at radius 3 is 2.53 bits per heavy atom. The molecule has 0 atom stereocenters. The van der Waals surface area contributed by atoms with Crippen molar-refractivity contribution in [3.05, 3.63) is 36.0 Å². The summed E-state index contributed by atoms with van der Waals surface area (Å²) in [6.07, 6.45) is 4.36. The van der Waals surface area contributed by atoms with E-state index < -0.39 is 0 Å². The van der Waals surface area contributed by atoms with E-state index in [9.17, 15) is 5.11 Å². The average Bonchev–Trinajstić information content (AvgIpc) is 2.83. The number of nitrogens with zero attached hydrogens (tertiary/aromatic N) is 2. The molecular weight excluding hydrogens is 240 g/mol. The monoisotopic (exact) mass is 260 g/mol. The van der Waals surface area contributed by atoms with Gasteiger partial charge in [0.2, 0.25) is 0 Å². The van der Waals surface area contributed by atoms with E-state index in [0.29, 0.717) is 11.8 Å². The highest BCUT2D eigenvalue weighted by molar-refractivity contribution is 5.66. The van der Waals surface area contributed by atoms with E-state index in [0.717, 1.165) is 38.3 Å². The van der Waals surface area contributed by atoms with E-state index in [4.69, 9.17) is 4.74 Å². The summed E-state index contributed by atoms with van der Waals surface area (Å²) in [4.78, 5) is 4.66. The summed E-state index contributed by atoms with van der Waals surface area (Å²) in [7, 11) is 2.10. The average molecular weight is 260 g/mol. The Balaban J connectivity index is 1.84. The fourth-order valence-corrected chi connectivity index (χ4v) is 2.82. The normalized spacial score (nSPS) is 20.8. The predicted molar refractivity (Wildman–Crippen MR) is 74.4 cm³/mol. The molecule has 1 fully saturated rings. The van der Waals surface area contributed by atoms with Crippen LogP contribution in [0, 0.1) is 0 Å². The van der Waals surface area contributed by atoms with Crippen molar-refractivity contribution < 1.29 is 9.84 Å². The van der Waals surface area contributed by atoms with Gasteiger partial charge in [-0.25, -0.2) is 0 Å². The van der Waals surface area contributed by atoms with Gasteiger partial charge in [0, 0.05) is 32.5 Å². The molecule has 0 radical (unpaired) electrons. The second kappa shape index (κ2) is 5.13. The fourth-order valence-electron chi connectivity index (χ4n) is 2.82. The second-order valence-electron chi connectivity index (χ2n) is 5.27. The smallest absolute Gasteiger partial charge is 0.115 e. The van der Waals surface area contributed by atoms with Crippen molar-refractivity contribution in [2.75, 3.05) is 26.9 Å². The molecule has 1 N–H and O–H groups in total. The standard InChI is InChI=1S/C15H20N2O2/c1-16-10-15(12-2-4-14(18)5-3-12)17(11-16)13-6-8-19-9-7-13/h2-5,10,13,18H,6-9,11H2,1H3. The van der Waals surface area contributed by atoms with E-state index in [2.05, 4.69) is 23.0 Å². The van der Waals surface area contributed by atoms with Gasteiger partial charge < -0.3 is 19.6 Å². The van der Waals surface area contributed by atoms with Crippen LogP contribution < -0.4 is 0 Å². The first-order valence-electron chi connectivity index (χ1n) is 6.80. The van der Waals surface area contributed by atoms with Gasteiger partial charge in [0.05, 0.1) is 12.4 Å². The molecular formula is C15H20N2O2. The molecule has 0 saturated carbocycles. The van der Waals surface area contributed by atoms with E-state index >= 15 is 0 Å². The van der Waals surface area contributed by atoms with Crippen molar-refractivity contribution in [3.8, 4) is 5.75 Å². The van der Waals surface area contributed by atoms with Gasteiger partial charge >= 0.3 is 0 Å². The summed E-state index contributed by atoms with van der Waals surface area (Å²) in [5.41, 5.74) is 2.41. The van der Waals surface area contributed by atoms with Gasteiger partial charge in [-0.3, -0.25) is 0 Å². The molecule has 0 aliphatic carbocycles. The molecule has 102 valence electrons. The first-order valence-corrected chi connectivity index (χ1v) is 6.80. The molecule has 1 aromatic carbocycles. The number of hydrogen-bond donors (Lipinski definition) is 1. The van der Waals surface area contributed by atoms with Crippen LogP contribution in [0.2, 0.25) is 0 Å². The van der Waals surface area contributed by atoms with Crippen molar-refractivity contribution in [1.29, 1.82) is 0 Å². The third-order valence-corrected chi connectivity index (χ3v) is 3.82. The van der Waals surface area contributed by atoms with Gasteiger partial charge in [-0.05, 0) is 42.7 Å². The number of phenolic OH excluding ortho intramolecular Hbond substituents is 1. The maximum Gasteiger partial charge on any atom is 0.115 e. The Bertz CT molecular complexity index is 464. The maximum absolute atomic E-state index is 9.41. The van der Waals surface area contributed by atoms with Gasteiger partial charge in [-0.1, -0.05) is 0 Å². The highest BCUT2D eigenvalue weighted by Crippen LogP contribution is 2.31. The van der Waals surface area contributed by atoms with Crippen molar-refractivity contribution in [3.63, 3.8) is 0 Å². The summed E-state index contributed by atoms with van der Waals surface area (Å²) in [5, 5.41) is 9.41. The lowest BCUT2D eigenvalue weighted by Crippen LogP contribution is -2.38. The topological polar surface area (TPSA) is 35.9 Å². The zero-order chi connectivity index (χ0) is 13.2. The van der Waals surface area contributed by atoms with Crippen LogP contribution in [-0.4, -0.2) is 47.9 Å². The molecule has 1 aromatic rings. The van der Waals surface area contributed by atoms with Gasteiger partial charge in [0.15, 0.2) is 0 Å². The zero-order valence-electron chi connectivity index (χ0n) is 11.2. The zero-order valence-corrected chi connectivity index (χ0v) is 11.2. The minimum Gasteiger partial charge on any atom is -0.508 e. The lowest BCUT2D eigenvalue weighted by molar-refractivity contribution is 0.0483. The lowest BCUT2D eigenvalue weighted by atomic mass is 10.0. The molecule has 4 heteroatoms. The van der Waals surface area contributed by atoms with Crippen LogP contribution in [0.4, 0.5) is 0 Å². The molecule has 4 nitrogen and oxygen atoms in total. The Morgan fingerprint density at radius 2 is 1.84 bits per heavy atom. The third kappa shape index (κ3) is 2.54. The number of benzene rings is 1. The quantitative estimate of drug-likeness (QED) is 0.883. The second-order valence-corrected chi connectivity index (χ2v) is 5.27. The number of hydrogen-bond acceptors (Lipinski definition) is 4. The summed E-state index contributed by atoms with van der Waals surface area (Å²) in [6, 6.07) is 8.01. The first kappa shape index (κ1) is 12.4. The van der Waals surface area contributed by atoms with Gasteiger partial charge in [-0.15, -0.1) is 0 Å². The van der Waals surface area contributed by atoms with E-state index in [1.165, 1.54) is 5.70 Å². The Morgan fingerprint density at radius 1 is 1.16 bits per heavy atom. The minimum atomic E-state index is 0.313. The molecule has 3 rings (SSSR count). The van der Waals surface area contributed by atoms with Crippen molar-refractivity contribution in [2.24, 2.45) is 0 Å². The van der Waals surface area contributed by atoms with Crippen LogP contribution in [0.15, 0.2) is 30.5 Å². The van der Waals surface area contributed by atoms with Crippen LogP contribution in [0.25, 0.3) is 5.70 Å². The number of ether oxygens (including phenoxy) is 1. The van der Waals surface area contributed by atoms with E-state index in [1.54, 1.807) is 12.1 Å². The van der Waals surface area contributed by atoms with Crippen molar-refractivity contribution in [2.45, 2.75) is 18.9 Å². The van der Waals surface area contributed by atoms with Crippen LogP contribution >= 0.6 is 0 Å². The van der Waals surface area contributed by atoms with E-state index in [1.807, 2.05) is 12.1 Å². The molecule has 19 heavy (non-hydrogen) atoms. The number of rotatable bonds is 2. The molecule has 0 aromatic heterocycles. The minimum absolute atomic E-state index is 0.313. The summed E-state index contributed by atoms with van der Waals surface area (Å²) >= 11 is 0. The Hall–Kier alpha value is -1.68. The van der Waals surface area contributed by atoms with Gasteiger partial charge in [0.25, 0.3) is 0 Å². The maximum atomic E-state index is 9.41. The Labute approximate surface area is 113 Å². The Kier molecular flexibility index (Phi) is 3.34.